The van der Waals surface area contributed by atoms with E-state index >= 15 is 0 Å². The molecule has 0 saturated carbocycles. The lowest BCUT2D eigenvalue weighted by Crippen LogP contribution is -2.40. The molecule has 1 fully saturated rings. The second kappa shape index (κ2) is 5.61. The SMILES string of the molecule is CC(c1cccc(Cl)c1)N(C)C(=O)N1CCCC1. The van der Waals surface area contributed by atoms with Crippen molar-refractivity contribution >= 4 is 17.6 Å². The molecule has 1 unspecified atom stereocenters. The van der Waals surface area contributed by atoms with Gasteiger partial charge in [0.05, 0.1) is 6.04 Å². The maximum atomic E-state index is 12.3. The van der Waals surface area contributed by atoms with E-state index in [-0.39, 0.29) is 12.1 Å². The van der Waals surface area contributed by atoms with E-state index in [1.807, 2.05) is 43.1 Å². The molecule has 1 aliphatic rings. The number of carbonyl (C=O) groups excluding carboxylic acids is 1. The van der Waals surface area contributed by atoms with Crippen LogP contribution in [-0.2, 0) is 0 Å². The Kier molecular flexibility index (Phi) is 4.12. The third-order valence-electron chi connectivity index (χ3n) is 3.59. The lowest BCUT2D eigenvalue weighted by molar-refractivity contribution is 0.159. The van der Waals surface area contributed by atoms with Crippen LogP contribution in [0.15, 0.2) is 24.3 Å². The minimum atomic E-state index is 0.0387. The quantitative estimate of drug-likeness (QED) is 0.803. The highest BCUT2D eigenvalue weighted by Crippen LogP contribution is 2.23. The molecule has 0 aromatic heterocycles. The Labute approximate surface area is 113 Å². The smallest absolute Gasteiger partial charge is 0.320 e. The molecule has 1 aromatic carbocycles. The summed E-state index contributed by atoms with van der Waals surface area (Å²) >= 11 is 5.99. The van der Waals surface area contributed by atoms with E-state index in [9.17, 15) is 4.79 Å². The summed E-state index contributed by atoms with van der Waals surface area (Å²) in [5.74, 6) is 0. The van der Waals surface area contributed by atoms with Gasteiger partial charge in [-0.25, -0.2) is 4.79 Å². The highest BCUT2D eigenvalue weighted by Gasteiger charge is 2.24. The van der Waals surface area contributed by atoms with Crippen LogP contribution in [0.25, 0.3) is 0 Å². The molecule has 0 radical (unpaired) electrons. The Balaban J connectivity index is 2.08. The Bertz CT molecular complexity index is 430. The highest BCUT2D eigenvalue weighted by atomic mass is 35.5. The molecular formula is C14H19ClN2O. The first-order valence-electron chi connectivity index (χ1n) is 6.37. The number of carbonyl (C=O) groups is 1. The van der Waals surface area contributed by atoms with Crippen molar-refractivity contribution in [2.75, 3.05) is 20.1 Å². The van der Waals surface area contributed by atoms with E-state index in [2.05, 4.69) is 0 Å². The molecule has 4 heteroatoms. The molecule has 1 heterocycles. The number of amides is 2. The van der Waals surface area contributed by atoms with Gasteiger partial charge in [0.2, 0.25) is 0 Å². The first kappa shape index (κ1) is 13.2. The van der Waals surface area contributed by atoms with Crippen LogP contribution in [0.2, 0.25) is 5.02 Å². The summed E-state index contributed by atoms with van der Waals surface area (Å²) in [4.78, 5) is 16.0. The van der Waals surface area contributed by atoms with Crippen LogP contribution in [0.5, 0.6) is 0 Å². The van der Waals surface area contributed by atoms with Crippen molar-refractivity contribution in [3.63, 3.8) is 0 Å². The van der Waals surface area contributed by atoms with E-state index in [1.54, 1.807) is 4.90 Å². The molecular weight excluding hydrogens is 248 g/mol. The van der Waals surface area contributed by atoms with Gasteiger partial charge in [-0.15, -0.1) is 0 Å². The molecule has 1 aromatic rings. The largest absolute Gasteiger partial charge is 0.325 e. The van der Waals surface area contributed by atoms with Gasteiger partial charge in [0.25, 0.3) is 0 Å². The van der Waals surface area contributed by atoms with Gasteiger partial charge in [0.15, 0.2) is 0 Å². The molecule has 1 atom stereocenters. The summed E-state index contributed by atoms with van der Waals surface area (Å²) in [6.45, 7) is 3.79. The molecule has 1 saturated heterocycles. The monoisotopic (exact) mass is 266 g/mol. The normalized spacial score (nSPS) is 16.7. The highest BCUT2D eigenvalue weighted by molar-refractivity contribution is 6.30. The van der Waals surface area contributed by atoms with Gasteiger partial charge in [0.1, 0.15) is 0 Å². The van der Waals surface area contributed by atoms with Crippen LogP contribution in [-0.4, -0.2) is 36.0 Å². The average Bonchev–Trinajstić information content (AvgIpc) is 2.90. The van der Waals surface area contributed by atoms with E-state index in [0.29, 0.717) is 5.02 Å². The number of urea groups is 1. The standard InChI is InChI=1S/C14H19ClN2O/c1-11(12-6-5-7-13(15)10-12)16(2)14(18)17-8-3-4-9-17/h5-7,10-11H,3-4,8-9H2,1-2H3. The number of likely N-dealkylation sites (tertiary alicyclic amines) is 1. The fourth-order valence-corrected chi connectivity index (χ4v) is 2.49. The molecule has 98 valence electrons. The predicted octanol–water partition coefficient (Wildman–Crippen LogP) is 3.55. The van der Waals surface area contributed by atoms with Crippen molar-refractivity contribution in [1.29, 1.82) is 0 Å². The zero-order chi connectivity index (χ0) is 13.1. The van der Waals surface area contributed by atoms with E-state index in [0.717, 1.165) is 31.5 Å². The van der Waals surface area contributed by atoms with Crippen LogP contribution < -0.4 is 0 Å². The van der Waals surface area contributed by atoms with Crippen LogP contribution >= 0.6 is 11.6 Å². The number of halogens is 1. The van der Waals surface area contributed by atoms with Gasteiger partial charge in [-0.2, -0.15) is 0 Å². The van der Waals surface area contributed by atoms with Gasteiger partial charge in [0, 0.05) is 25.2 Å². The minimum absolute atomic E-state index is 0.0387. The summed E-state index contributed by atoms with van der Waals surface area (Å²) in [5, 5.41) is 0.710. The van der Waals surface area contributed by atoms with Crippen molar-refractivity contribution in [2.24, 2.45) is 0 Å². The molecule has 0 N–H and O–H groups in total. The van der Waals surface area contributed by atoms with Gasteiger partial charge >= 0.3 is 6.03 Å². The van der Waals surface area contributed by atoms with Crippen molar-refractivity contribution in [2.45, 2.75) is 25.8 Å². The molecule has 1 aliphatic heterocycles. The summed E-state index contributed by atoms with van der Waals surface area (Å²) in [7, 11) is 1.85. The summed E-state index contributed by atoms with van der Waals surface area (Å²) in [5.41, 5.74) is 1.07. The molecule has 3 nitrogen and oxygen atoms in total. The Hall–Kier alpha value is -1.22. The number of benzene rings is 1. The van der Waals surface area contributed by atoms with Gasteiger partial charge in [-0.05, 0) is 37.5 Å². The molecule has 0 spiro atoms. The first-order chi connectivity index (χ1) is 8.59. The van der Waals surface area contributed by atoms with Crippen LogP contribution in [0.4, 0.5) is 4.79 Å². The third kappa shape index (κ3) is 2.78. The molecule has 2 rings (SSSR count). The minimum Gasteiger partial charge on any atom is -0.325 e. The van der Waals surface area contributed by atoms with Crippen molar-refractivity contribution in [3.8, 4) is 0 Å². The lowest BCUT2D eigenvalue weighted by atomic mass is 10.1. The second-order valence-corrected chi connectivity index (χ2v) is 5.26. The van der Waals surface area contributed by atoms with E-state index in [1.165, 1.54) is 0 Å². The number of hydrogen-bond donors (Lipinski definition) is 0. The average molecular weight is 267 g/mol. The zero-order valence-electron chi connectivity index (χ0n) is 10.9. The molecule has 0 aliphatic carbocycles. The number of rotatable bonds is 2. The zero-order valence-corrected chi connectivity index (χ0v) is 11.7. The summed E-state index contributed by atoms with van der Waals surface area (Å²) in [6.07, 6.45) is 2.23. The van der Waals surface area contributed by atoms with Gasteiger partial charge in [-0.1, -0.05) is 23.7 Å². The molecule has 18 heavy (non-hydrogen) atoms. The topological polar surface area (TPSA) is 23.6 Å². The van der Waals surface area contributed by atoms with Crippen LogP contribution in [0.3, 0.4) is 0 Å². The Morgan fingerprint density at radius 2 is 2.06 bits per heavy atom. The summed E-state index contributed by atoms with van der Waals surface area (Å²) < 4.78 is 0. The van der Waals surface area contributed by atoms with Crippen molar-refractivity contribution in [3.05, 3.63) is 34.9 Å². The summed E-state index contributed by atoms with van der Waals surface area (Å²) in [6, 6.07) is 7.84. The first-order valence-corrected chi connectivity index (χ1v) is 6.74. The predicted molar refractivity (Wildman–Crippen MR) is 73.8 cm³/mol. The van der Waals surface area contributed by atoms with Gasteiger partial charge < -0.3 is 9.80 Å². The third-order valence-corrected chi connectivity index (χ3v) is 3.83. The fraction of sp³-hybridized carbons (Fsp3) is 0.500. The molecule has 2 amide bonds. The number of nitrogens with zero attached hydrogens (tertiary/aromatic N) is 2. The van der Waals surface area contributed by atoms with Gasteiger partial charge in [-0.3, -0.25) is 0 Å². The van der Waals surface area contributed by atoms with E-state index in [4.69, 9.17) is 11.6 Å². The van der Waals surface area contributed by atoms with Crippen molar-refractivity contribution < 1.29 is 4.79 Å². The second-order valence-electron chi connectivity index (χ2n) is 4.82. The van der Waals surface area contributed by atoms with E-state index < -0.39 is 0 Å². The van der Waals surface area contributed by atoms with Crippen LogP contribution in [0, 0.1) is 0 Å². The van der Waals surface area contributed by atoms with Crippen LogP contribution in [0.1, 0.15) is 31.4 Å². The lowest BCUT2D eigenvalue weighted by Gasteiger charge is -2.29. The molecule has 0 bridgehead atoms. The Morgan fingerprint density at radius 1 is 1.39 bits per heavy atom. The number of hydrogen-bond acceptors (Lipinski definition) is 1. The van der Waals surface area contributed by atoms with Crippen molar-refractivity contribution in [1.82, 2.24) is 9.80 Å². The maximum Gasteiger partial charge on any atom is 0.320 e. The maximum absolute atomic E-state index is 12.3. The Morgan fingerprint density at radius 3 is 2.67 bits per heavy atom. The fourth-order valence-electron chi connectivity index (χ4n) is 2.29.